The molecule has 0 aliphatic heterocycles. The molecule has 2 nitrogen and oxygen atoms in total. The zero-order valence-electron chi connectivity index (χ0n) is 10.6. The van der Waals surface area contributed by atoms with Crippen molar-refractivity contribution < 1.29 is 9.18 Å². The smallest absolute Gasteiger partial charge is 0.252 e. The van der Waals surface area contributed by atoms with E-state index in [0.717, 1.165) is 16.7 Å². The Morgan fingerprint density at radius 1 is 1.20 bits per heavy atom. The van der Waals surface area contributed by atoms with Gasteiger partial charge in [-0.3, -0.25) is 4.79 Å². The third-order valence-electron chi connectivity index (χ3n) is 2.58. The highest BCUT2D eigenvalue weighted by Gasteiger charge is 2.10. The molecule has 0 aliphatic rings. The van der Waals surface area contributed by atoms with Crippen LogP contribution in [-0.4, -0.2) is 18.2 Å². The number of nitrogens with one attached hydrogen (secondary N) is 1. The molecule has 0 fully saturated rings. The maximum Gasteiger partial charge on any atom is 0.252 e. The molecule has 0 aromatic heterocycles. The van der Waals surface area contributed by atoms with E-state index < -0.39 is 5.82 Å². The standard InChI is InChI=1S/C15H13ClFNOS/c16-14-10-11(17)6-7-13(14)15(19)18-8-9-20-12-4-2-1-3-5-12/h1-7,10H,8-9H2,(H,18,19). The van der Waals surface area contributed by atoms with Crippen LogP contribution in [0.3, 0.4) is 0 Å². The summed E-state index contributed by atoms with van der Waals surface area (Å²) in [7, 11) is 0. The molecule has 0 unspecified atom stereocenters. The highest BCUT2D eigenvalue weighted by atomic mass is 35.5. The first kappa shape index (κ1) is 14.9. The second-order valence-corrected chi connectivity index (χ2v) is 5.62. The predicted octanol–water partition coefficient (Wildman–Crippen LogP) is 4.00. The highest BCUT2D eigenvalue weighted by molar-refractivity contribution is 7.99. The van der Waals surface area contributed by atoms with E-state index in [1.54, 1.807) is 11.8 Å². The summed E-state index contributed by atoms with van der Waals surface area (Å²) in [5.41, 5.74) is 0.290. The van der Waals surface area contributed by atoms with Gasteiger partial charge in [-0.25, -0.2) is 4.39 Å². The van der Waals surface area contributed by atoms with Gasteiger partial charge in [0.1, 0.15) is 5.82 Å². The number of thioether (sulfide) groups is 1. The Labute approximate surface area is 126 Å². The minimum atomic E-state index is -0.453. The number of carbonyl (C=O) groups is 1. The fraction of sp³-hybridized carbons (Fsp3) is 0.133. The monoisotopic (exact) mass is 309 g/mol. The summed E-state index contributed by atoms with van der Waals surface area (Å²) in [6.45, 7) is 0.520. The molecule has 5 heteroatoms. The number of carbonyl (C=O) groups excluding carboxylic acids is 1. The number of hydrogen-bond donors (Lipinski definition) is 1. The van der Waals surface area contributed by atoms with Gasteiger partial charge < -0.3 is 5.32 Å². The summed E-state index contributed by atoms with van der Waals surface area (Å²) in [5.74, 6) is 0.0176. The maximum absolute atomic E-state index is 12.9. The molecule has 0 atom stereocenters. The van der Waals surface area contributed by atoms with Crippen molar-refractivity contribution in [3.05, 3.63) is 64.9 Å². The van der Waals surface area contributed by atoms with E-state index in [2.05, 4.69) is 5.32 Å². The largest absolute Gasteiger partial charge is 0.351 e. The number of halogens is 2. The normalized spacial score (nSPS) is 10.3. The van der Waals surface area contributed by atoms with E-state index in [4.69, 9.17) is 11.6 Å². The molecule has 2 aromatic carbocycles. The number of rotatable bonds is 5. The van der Waals surface area contributed by atoms with E-state index in [9.17, 15) is 9.18 Å². The lowest BCUT2D eigenvalue weighted by molar-refractivity contribution is 0.0956. The van der Waals surface area contributed by atoms with Gasteiger partial charge in [0.15, 0.2) is 0 Å². The Bertz CT molecular complexity index is 592. The lowest BCUT2D eigenvalue weighted by Crippen LogP contribution is -2.26. The molecule has 2 rings (SSSR count). The first-order valence-electron chi connectivity index (χ1n) is 6.08. The summed E-state index contributed by atoms with van der Waals surface area (Å²) in [6, 6.07) is 13.7. The summed E-state index contributed by atoms with van der Waals surface area (Å²) < 4.78 is 12.9. The Balaban J connectivity index is 1.80. The van der Waals surface area contributed by atoms with Crippen molar-refractivity contribution in [1.29, 1.82) is 0 Å². The fourth-order valence-corrected chi connectivity index (χ4v) is 2.66. The SMILES string of the molecule is O=C(NCCSc1ccccc1)c1ccc(F)cc1Cl. The van der Waals surface area contributed by atoms with Crippen molar-refractivity contribution in [2.24, 2.45) is 0 Å². The highest BCUT2D eigenvalue weighted by Crippen LogP contribution is 2.18. The van der Waals surface area contributed by atoms with Gasteiger partial charge in [-0.05, 0) is 30.3 Å². The lowest BCUT2D eigenvalue weighted by Gasteiger charge is -2.06. The zero-order valence-corrected chi connectivity index (χ0v) is 12.2. The van der Waals surface area contributed by atoms with Gasteiger partial charge in [0.05, 0.1) is 10.6 Å². The van der Waals surface area contributed by atoms with Crippen LogP contribution < -0.4 is 5.32 Å². The van der Waals surface area contributed by atoms with Crippen LogP contribution in [0.2, 0.25) is 5.02 Å². The fourth-order valence-electron chi connectivity index (χ4n) is 1.62. The summed E-state index contributed by atoms with van der Waals surface area (Å²) in [4.78, 5) is 13.0. The summed E-state index contributed by atoms with van der Waals surface area (Å²) in [6.07, 6.45) is 0. The molecule has 0 bridgehead atoms. The molecule has 0 saturated heterocycles. The molecular formula is C15H13ClFNOS. The molecule has 0 aliphatic carbocycles. The van der Waals surface area contributed by atoms with Crippen LogP contribution in [0.4, 0.5) is 4.39 Å². The third-order valence-corrected chi connectivity index (χ3v) is 3.90. The molecule has 20 heavy (non-hydrogen) atoms. The molecule has 0 spiro atoms. The van der Waals surface area contributed by atoms with Crippen LogP contribution >= 0.6 is 23.4 Å². The van der Waals surface area contributed by atoms with Crippen LogP contribution in [0.15, 0.2) is 53.4 Å². The number of hydrogen-bond acceptors (Lipinski definition) is 2. The van der Waals surface area contributed by atoms with E-state index in [-0.39, 0.29) is 16.5 Å². The molecule has 1 amide bonds. The van der Waals surface area contributed by atoms with Crippen molar-refractivity contribution in [2.45, 2.75) is 4.90 Å². The minimum Gasteiger partial charge on any atom is -0.351 e. The van der Waals surface area contributed by atoms with Crippen LogP contribution in [0.25, 0.3) is 0 Å². The Kier molecular flexibility index (Phi) is 5.44. The van der Waals surface area contributed by atoms with Gasteiger partial charge in [-0.15, -0.1) is 11.8 Å². The number of amides is 1. The Morgan fingerprint density at radius 2 is 1.95 bits per heavy atom. The average molecular weight is 310 g/mol. The van der Waals surface area contributed by atoms with Crippen molar-refractivity contribution in [1.82, 2.24) is 5.32 Å². The molecule has 1 N–H and O–H groups in total. The Morgan fingerprint density at radius 3 is 2.65 bits per heavy atom. The van der Waals surface area contributed by atoms with E-state index in [1.165, 1.54) is 12.1 Å². The van der Waals surface area contributed by atoms with Gasteiger partial charge in [-0.2, -0.15) is 0 Å². The van der Waals surface area contributed by atoms with Crippen LogP contribution in [0.5, 0.6) is 0 Å². The van der Waals surface area contributed by atoms with E-state index >= 15 is 0 Å². The van der Waals surface area contributed by atoms with Crippen molar-refractivity contribution in [3.8, 4) is 0 Å². The van der Waals surface area contributed by atoms with Crippen LogP contribution in [0, 0.1) is 5.82 Å². The lowest BCUT2D eigenvalue weighted by atomic mass is 10.2. The van der Waals surface area contributed by atoms with Gasteiger partial charge in [0.2, 0.25) is 0 Å². The molecule has 104 valence electrons. The van der Waals surface area contributed by atoms with E-state index in [0.29, 0.717) is 6.54 Å². The third kappa shape index (κ3) is 4.25. The van der Waals surface area contributed by atoms with Crippen molar-refractivity contribution >= 4 is 29.3 Å². The Hall–Kier alpha value is -1.52. The maximum atomic E-state index is 12.9. The summed E-state index contributed by atoms with van der Waals surface area (Å²) in [5, 5.41) is 2.89. The first-order chi connectivity index (χ1) is 9.66. The molecule has 0 saturated carbocycles. The van der Waals surface area contributed by atoms with Gasteiger partial charge in [0.25, 0.3) is 5.91 Å². The van der Waals surface area contributed by atoms with Gasteiger partial charge >= 0.3 is 0 Å². The topological polar surface area (TPSA) is 29.1 Å². The molecule has 0 radical (unpaired) electrons. The average Bonchev–Trinajstić information content (AvgIpc) is 2.44. The molecule has 2 aromatic rings. The van der Waals surface area contributed by atoms with Crippen molar-refractivity contribution in [3.63, 3.8) is 0 Å². The zero-order chi connectivity index (χ0) is 14.4. The number of benzene rings is 2. The first-order valence-corrected chi connectivity index (χ1v) is 7.44. The van der Waals surface area contributed by atoms with Gasteiger partial charge in [0, 0.05) is 17.2 Å². The van der Waals surface area contributed by atoms with Gasteiger partial charge in [-0.1, -0.05) is 29.8 Å². The van der Waals surface area contributed by atoms with Crippen LogP contribution in [0.1, 0.15) is 10.4 Å². The predicted molar refractivity (Wildman–Crippen MR) is 80.9 cm³/mol. The summed E-state index contributed by atoms with van der Waals surface area (Å²) >= 11 is 7.48. The second-order valence-electron chi connectivity index (χ2n) is 4.04. The van der Waals surface area contributed by atoms with Crippen LogP contribution in [-0.2, 0) is 0 Å². The molecule has 0 heterocycles. The second kappa shape index (κ2) is 7.31. The minimum absolute atomic E-state index is 0.123. The quantitative estimate of drug-likeness (QED) is 0.668. The van der Waals surface area contributed by atoms with E-state index in [1.807, 2.05) is 30.3 Å². The van der Waals surface area contributed by atoms with Crippen molar-refractivity contribution in [2.75, 3.05) is 12.3 Å². The molecular weight excluding hydrogens is 297 g/mol.